The van der Waals surface area contributed by atoms with Crippen molar-refractivity contribution in [3.05, 3.63) is 36.0 Å². The van der Waals surface area contributed by atoms with E-state index in [1.165, 1.54) is 0 Å². The molecule has 1 aromatic heterocycles. The molecule has 0 spiro atoms. The summed E-state index contributed by atoms with van der Waals surface area (Å²) in [4.78, 5) is 12.0. The molecule has 0 bridgehead atoms. The van der Waals surface area contributed by atoms with Crippen LogP contribution in [-0.2, 0) is 11.3 Å². The van der Waals surface area contributed by atoms with E-state index in [0.717, 1.165) is 23.7 Å². The van der Waals surface area contributed by atoms with Gasteiger partial charge in [0.05, 0.1) is 11.6 Å². The second-order valence-corrected chi connectivity index (χ2v) is 4.87. The lowest BCUT2D eigenvalue weighted by atomic mass is 10.1. The summed E-state index contributed by atoms with van der Waals surface area (Å²) in [6.45, 7) is 4.42. The van der Waals surface area contributed by atoms with Gasteiger partial charge in [-0.05, 0) is 31.0 Å². The van der Waals surface area contributed by atoms with Gasteiger partial charge < -0.3 is 9.88 Å². The van der Waals surface area contributed by atoms with Crippen molar-refractivity contribution in [3.8, 4) is 6.07 Å². The van der Waals surface area contributed by atoms with Gasteiger partial charge in [0.1, 0.15) is 6.54 Å². The predicted octanol–water partition coefficient (Wildman–Crippen LogP) is 2.82. The summed E-state index contributed by atoms with van der Waals surface area (Å²) in [6.07, 6.45) is 3.73. The van der Waals surface area contributed by atoms with Gasteiger partial charge in [-0.3, -0.25) is 4.79 Å². The van der Waals surface area contributed by atoms with E-state index in [4.69, 9.17) is 5.26 Å². The van der Waals surface area contributed by atoms with Crippen LogP contribution in [0.2, 0.25) is 0 Å². The number of carbonyl (C=O) groups is 1. The van der Waals surface area contributed by atoms with Crippen molar-refractivity contribution in [2.24, 2.45) is 0 Å². The van der Waals surface area contributed by atoms with Crippen LogP contribution in [0, 0.1) is 11.3 Å². The van der Waals surface area contributed by atoms with Crippen LogP contribution >= 0.6 is 0 Å². The molecule has 0 atom stereocenters. The fraction of sp³-hybridized carbons (Fsp3) is 0.375. The summed E-state index contributed by atoms with van der Waals surface area (Å²) in [5, 5.41) is 13.0. The van der Waals surface area contributed by atoms with Crippen molar-refractivity contribution in [2.75, 3.05) is 0 Å². The lowest BCUT2D eigenvalue weighted by Gasteiger charge is -2.15. The number of rotatable bonds is 5. The number of hydrogen-bond acceptors (Lipinski definition) is 2. The van der Waals surface area contributed by atoms with Crippen molar-refractivity contribution in [1.29, 1.82) is 5.26 Å². The minimum absolute atomic E-state index is 0.0126. The van der Waals surface area contributed by atoms with Crippen molar-refractivity contribution in [1.82, 2.24) is 9.88 Å². The molecule has 2 aromatic rings. The standard InChI is InChI=1S/C16H19N3O/c1-3-13(4-2)18-16(20)11-19-9-8-14-12(10-17)6-5-7-15(14)19/h5-9,13H,3-4,11H2,1-2H3,(H,18,20). The molecule has 2 rings (SSSR count). The van der Waals surface area contributed by atoms with E-state index in [9.17, 15) is 4.79 Å². The Morgan fingerprint density at radius 1 is 1.35 bits per heavy atom. The van der Waals surface area contributed by atoms with E-state index < -0.39 is 0 Å². The Labute approximate surface area is 119 Å². The topological polar surface area (TPSA) is 57.8 Å². The highest BCUT2D eigenvalue weighted by Crippen LogP contribution is 2.19. The minimum Gasteiger partial charge on any atom is -0.352 e. The Hall–Kier alpha value is -2.28. The summed E-state index contributed by atoms with van der Waals surface area (Å²) in [7, 11) is 0. The number of carbonyl (C=O) groups excluding carboxylic acids is 1. The normalized spacial score (nSPS) is 10.7. The first-order valence-electron chi connectivity index (χ1n) is 6.96. The maximum absolute atomic E-state index is 12.0. The van der Waals surface area contributed by atoms with Gasteiger partial charge in [-0.1, -0.05) is 19.9 Å². The van der Waals surface area contributed by atoms with E-state index in [1.54, 1.807) is 6.07 Å². The number of amides is 1. The number of nitriles is 1. The van der Waals surface area contributed by atoms with Gasteiger partial charge in [-0.25, -0.2) is 0 Å². The van der Waals surface area contributed by atoms with E-state index in [-0.39, 0.29) is 18.5 Å². The second kappa shape index (κ2) is 6.25. The minimum atomic E-state index is 0.0126. The average molecular weight is 269 g/mol. The third kappa shape index (κ3) is 2.83. The molecule has 4 nitrogen and oxygen atoms in total. The van der Waals surface area contributed by atoms with Gasteiger partial charge >= 0.3 is 0 Å². The van der Waals surface area contributed by atoms with Crippen LogP contribution in [0.3, 0.4) is 0 Å². The molecule has 1 N–H and O–H groups in total. The first-order chi connectivity index (χ1) is 9.69. The van der Waals surface area contributed by atoms with Crippen molar-refractivity contribution in [2.45, 2.75) is 39.3 Å². The Morgan fingerprint density at radius 3 is 2.75 bits per heavy atom. The Morgan fingerprint density at radius 2 is 2.10 bits per heavy atom. The lowest BCUT2D eigenvalue weighted by Crippen LogP contribution is -2.36. The third-order valence-corrected chi connectivity index (χ3v) is 3.60. The molecule has 0 aliphatic heterocycles. The van der Waals surface area contributed by atoms with Crippen LogP contribution in [-0.4, -0.2) is 16.5 Å². The SMILES string of the molecule is CCC(CC)NC(=O)Cn1ccc2c(C#N)cccc21. The summed E-state index contributed by atoms with van der Waals surface area (Å²) < 4.78 is 1.88. The van der Waals surface area contributed by atoms with E-state index in [1.807, 2.05) is 29.0 Å². The number of aromatic nitrogens is 1. The van der Waals surface area contributed by atoms with E-state index in [0.29, 0.717) is 5.56 Å². The fourth-order valence-electron chi connectivity index (χ4n) is 2.38. The molecule has 1 aromatic carbocycles. The number of benzene rings is 1. The van der Waals surface area contributed by atoms with Crippen LogP contribution in [0.5, 0.6) is 0 Å². The molecule has 0 aliphatic carbocycles. The summed E-state index contributed by atoms with van der Waals surface area (Å²) in [5.41, 5.74) is 1.56. The predicted molar refractivity (Wildman–Crippen MR) is 79.2 cm³/mol. The highest BCUT2D eigenvalue weighted by Gasteiger charge is 2.11. The fourth-order valence-corrected chi connectivity index (χ4v) is 2.38. The molecule has 4 heteroatoms. The molecular weight excluding hydrogens is 250 g/mol. The van der Waals surface area contributed by atoms with Crippen LogP contribution in [0.1, 0.15) is 32.3 Å². The van der Waals surface area contributed by atoms with Gasteiger partial charge in [-0.15, -0.1) is 0 Å². The molecule has 104 valence electrons. The largest absolute Gasteiger partial charge is 0.352 e. The van der Waals surface area contributed by atoms with Crippen LogP contribution in [0.15, 0.2) is 30.5 Å². The molecule has 0 fully saturated rings. The van der Waals surface area contributed by atoms with Gasteiger partial charge in [0.25, 0.3) is 0 Å². The maximum Gasteiger partial charge on any atom is 0.240 e. The molecule has 1 heterocycles. The highest BCUT2D eigenvalue weighted by molar-refractivity contribution is 5.87. The molecular formula is C16H19N3O. The molecule has 0 saturated heterocycles. The van der Waals surface area contributed by atoms with Crippen molar-refractivity contribution < 1.29 is 4.79 Å². The first-order valence-corrected chi connectivity index (χ1v) is 6.96. The zero-order valence-corrected chi connectivity index (χ0v) is 11.9. The average Bonchev–Trinajstić information content (AvgIpc) is 2.87. The molecule has 0 radical (unpaired) electrons. The number of hydrogen-bond donors (Lipinski definition) is 1. The molecule has 0 saturated carbocycles. The Kier molecular flexibility index (Phi) is 4.41. The number of fused-ring (bicyclic) bond motifs is 1. The van der Waals surface area contributed by atoms with Gasteiger partial charge in [0.15, 0.2) is 0 Å². The van der Waals surface area contributed by atoms with Crippen molar-refractivity contribution >= 4 is 16.8 Å². The lowest BCUT2D eigenvalue weighted by molar-refractivity contribution is -0.122. The second-order valence-electron chi connectivity index (χ2n) is 4.87. The van der Waals surface area contributed by atoms with Crippen LogP contribution < -0.4 is 5.32 Å². The zero-order chi connectivity index (χ0) is 14.5. The maximum atomic E-state index is 12.0. The van der Waals surface area contributed by atoms with Crippen LogP contribution in [0.4, 0.5) is 0 Å². The van der Waals surface area contributed by atoms with Gasteiger partial charge in [0, 0.05) is 23.1 Å². The number of nitrogens with zero attached hydrogens (tertiary/aromatic N) is 2. The zero-order valence-electron chi connectivity index (χ0n) is 11.9. The highest BCUT2D eigenvalue weighted by atomic mass is 16.2. The molecule has 20 heavy (non-hydrogen) atoms. The quantitative estimate of drug-likeness (QED) is 0.907. The first kappa shape index (κ1) is 14.1. The summed E-state index contributed by atoms with van der Waals surface area (Å²) in [6, 6.07) is 9.86. The van der Waals surface area contributed by atoms with Crippen LogP contribution in [0.25, 0.3) is 10.9 Å². The van der Waals surface area contributed by atoms with Crippen molar-refractivity contribution in [3.63, 3.8) is 0 Å². The van der Waals surface area contributed by atoms with E-state index >= 15 is 0 Å². The monoisotopic (exact) mass is 269 g/mol. The summed E-state index contributed by atoms with van der Waals surface area (Å²) >= 11 is 0. The Bertz CT molecular complexity index is 647. The Balaban J connectivity index is 2.19. The van der Waals surface area contributed by atoms with Gasteiger partial charge in [0.2, 0.25) is 5.91 Å². The molecule has 1 amide bonds. The smallest absolute Gasteiger partial charge is 0.240 e. The van der Waals surface area contributed by atoms with E-state index in [2.05, 4.69) is 25.2 Å². The number of nitrogens with one attached hydrogen (secondary N) is 1. The molecule has 0 unspecified atom stereocenters. The summed E-state index contributed by atoms with van der Waals surface area (Å²) in [5.74, 6) is 0.0126. The molecule has 0 aliphatic rings. The third-order valence-electron chi connectivity index (χ3n) is 3.60. The van der Waals surface area contributed by atoms with Gasteiger partial charge in [-0.2, -0.15) is 5.26 Å².